The molecule has 5 aromatic rings. The maximum absolute atomic E-state index is 11.4. The van der Waals surface area contributed by atoms with Gasteiger partial charge in [-0.05, 0) is 50.6 Å². The van der Waals surface area contributed by atoms with Crippen LogP contribution in [0.15, 0.2) is 133 Å². The molecule has 0 radical (unpaired) electrons. The monoisotopic (exact) mass is 442 g/mol. The Morgan fingerprint density at radius 1 is 0.382 bits per heavy atom. The summed E-state index contributed by atoms with van der Waals surface area (Å²) in [4.78, 5) is 0. The van der Waals surface area contributed by atoms with Gasteiger partial charge in [-0.25, -0.2) is 0 Å². The number of rotatable bonds is 6. The summed E-state index contributed by atoms with van der Waals surface area (Å²) in [7, 11) is 0. The Morgan fingerprint density at radius 2 is 0.765 bits per heavy atom. The van der Waals surface area contributed by atoms with Crippen molar-refractivity contribution in [1.82, 2.24) is 0 Å². The lowest BCUT2D eigenvalue weighted by Gasteiger charge is -2.20. The zero-order valence-corrected chi connectivity index (χ0v) is 18.8. The maximum Gasteiger partial charge on any atom is 0.105 e. The Morgan fingerprint density at radius 3 is 1.21 bits per heavy atom. The first-order chi connectivity index (χ1) is 16.7. The number of benzene rings is 5. The van der Waals surface area contributed by atoms with E-state index >= 15 is 0 Å². The van der Waals surface area contributed by atoms with E-state index in [2.05, 4.69) is 0 Å². The van der Waals surface area contributed by atoms with Crippen molar-refractivity contribution in [3.63, 3.8) is 0 Å². The molecule has 2 nitrogen and oxygen atoms in total. The van der Waals surface area contributed by atoms with Crippen molar-refractivity contribution in [2.24, 2.45) is 0 Å². The van der Waals surface area contributed by atoms with Gasteiger partial charge in [0.15, 0.2) is 0 Å². The lowest BCUT2D eigenvalue weighted by atomic mass is 9.89. The zero-order chi connectivity index (χ0) is 23.3. The van der Waals surface area contributed by atoms with Crippen LogP contribution < -0.4 is 0 Å². The van der Waals surface area contributed by atoms with Crippen LogP contribution in [0.25, 0.3) is 22.3 Å². The van der Waals surface area contributed by atoms with Crippen LogP contribution >= 0.6 is 0 Å². The standard InChI is InChI=1S/C32H26O2/c33-31(29-20-9-7-18-27(29)23-12-3-1-4-13-23)25-16-11-17-26(22-25)32(34)30-21-10-8-19-28(30)24-14-5-2-6-15-24/h1-22,31-34H. The molecule has 0 fully saturated rings. The highest BCUT2D eigenvalue weighted by molar-refractivity contribution is 5.69. The molecule has 0 aromatic heterocycles. The molecular weight excluding hydrogens is 416 g/mol. The molecule has 0 spiro atoms. The molecule has 0 heterocycles. The van der Waals surface area contributed by atoms with E-state index in [1.165, 1.54) is 0 Å². The van der Waals surface area contributed by atoms with Crippen LogP contribution in [-0.2, 0) is 0 Å². The molecule has 2 atom stereocenters. The van der Waals surface area contributed by atoms with Crippen LogP contribution in [0.1, 0.15) is 34.5 Å². The summed E-state index contributed by atoms with van der Waals surface area (Å²) < 4.78 is 0. The van der Waals surface area contributed by atoms with E-state index in [0.29, 0.717) is 0 Å². The van der Waals surface area contributed by atoms with E-state index in [0.717, 1.165) is 44.5 Å². The molecule has 5 rings (SSSR count). The summed E-state index contributed by atoms with van der Waals surface area (Å²) in [6, 6.07) is 43.6. The van der Waals surface area contributed by atoms with Crippen molar-refractivity contribution < 1.29 is 10.2 Å². The van der Waals surface area contributed by atoms with Gasteiger partial charge in [-0.1, -0.05) is 127 Å². The van der Waals surface area contributed by atoms with Crippen LogP contribution in [0.4, 0.5) is 0 Å². The fourth-order valence-corrected chi connectivity index (χ4v) is 4.49. The fourth-order valence-electron chi connectivity index (χ4n) is 4.49. The van der Waals surface area contributed by atoms with Crippen molar-refractivity contribution in [1.29, 1.82) is 0 Å². The summed E-state index contributed by atoms with van der Waals surface area (Å²) in [5.74, 6) is 0. The minimum Gasteiger partial charge on any atom is -0.384 e. The Balaban J connectivity index is 1.51. The number of hydrogen-bond acceptors (Lipinski definition) is 2. The van der Waals surface area contributed by atoms with Gasteiger partial charge in [0.25, 0.3) is 0 Å². The van der Waals surface area contributed by atoms with E-state index in [1.807, 2.05) is 133 Å². The summed E-state index contributed by atoms with van der Waals surface area (Å²) in [5.41, 5.74) is 7.28. The van der Waals surface area contributed by atoms with E-state index < -0.39 is 12.2 Å². The first-order valence-electron chi connectivity index (χ1n) is 11.5. The lowest BCUT2D eigenvalue weighted by Crippen LogP contribution is -2.06. The van der Waals surface area contributed by atoms with E-state index in [-0.39, 0.29) is 0 Å². The number of aliphatic hydroxyl groups is 2. The van der Waals surface area contributed by atoms with Crippen molar-refractivity contribution in [2.75, 3.05) is 0 Å². The predicted molar refractivity (Wildman–Crippen MR) is 138 cm³/mol. The SMILES string of the molecule is OC(c1cccc(C(O)c2ccccc2-c2ccccc2)c1)c1ccccc1-c1ccccc1. The Kier molecular flexibility index (Phi) is 6.35. The normalized spacial score (nSPS) is 12.8. The molecule has 0 bridgehead atoms. The number of hydrogen-bond donors (Lipinski definition) is 2. The minimum absolute atomic E-state index is 0.747. The van der Waals surface area contributed by atoms with E-state index in [1.54, 1.807) is 0 Å². The van der Waals surface area contributed by atoms with Gasteiger partial charge in [0.2, 0.25) is 0 Å². The Bertz CT molecular complexity index is 1270. The predicted octanol–water partition coefficient (Wildman–Crippen LogP) is 7.18. The molecule has 0 amide bonds. The summed E-state index contributed by atoms with van der Waals surface area (Å²) in [6.45, 7) is 0. The van der Waals surface area contributed by atoms with Crippen LogP contribution in [0.5, 0.6) is 0 Å². The van der Waals surface area contributed by atoms with Crippen LogP contribution in [0.3, 0.4) is 0 Å². The molecule has 166 valence electrons. The topological polar surface area (TPSA) is 40.5 Å². The Labute approximate surface area is 200 Å². The van der Waals surface area contributed by atoms with Crippen LogP contribution in [0, 0.1) is 0 Å². The quantitative estimate of drug-likeness (QED) is 0.292. The van der Waals surface area contributed by atoms with Gasteiger partial charge in [-0.3, -0.25) is 0 Å². The summed E-state index contributed by atoms with van der Waals surface area (Å²) in [5, 5.41) is 22.7. The van der Waals surface area contributed by atoms with Crippen LogP contribution in [0.2, 0.25) is 0 Å². The molecular formula is C32H26O2. The third kappa shape index (κ3) is 4.42. The molecule has 0 saturated carbocycles. The molecule has 2 heteroatoms. The van der Waals surface area contributed by atoms with E-state index in [9.17, 15) is 10.2 Å². The second-order valence-corrected chi connectivity index (χ2v) is 8.38. The average Bonchev–Trinajstić information content (AvgIpc) is 2.93. The lowest BCUT2D eigenvalue weighted by molar-refractivity contribution is 0.214. The molecule has 34 heavy (non-hydrogen) atoms. The van der Waals surface area contributed by atoms with Gasteiger partial charge in [-0.15, -0.1) is 0 Å². The fraction of sp³-hybridized carbons (Fsp3) is 0.0625. The van der Waals surface area contributed by atoms with Crippen molar-refractivity contribution in [2.45, 2.75) is 12.2 Å². The molecule has 0 aliphatic rings. The van der Waals surface area contributed by atoms with Gasteiger partial charge in [0.1, 0.15) is 12.2 Å². The van der Waals surface area contributed by atoms with E-state index in [4.69, 9.17) is 0 Å². The highest BCUT2D eigenvalue weighted by Crippen LogP contribution is 2.35. The van der Waals surface area contributed by atoms with Gasteiger partial charge in [0.05, 0.1) is 0 Å². The zero-order valence-electron chi connectivity index (χ0n) is 18.8. The smallest absolute Gasteiger partial charge is 0.105 e. The Hall–Kier alpha value is -3.98. The summed E-state index contributed by atoms with van der Waals surface area (Å²) in [6.07, 6.45) is -1.62. The van der Waals surface area contributed by atoms with Crippen molar-refractivity contribution in [3.05, 3.63) is 156 Å². The summed E-state index contributed by atoms with van der Waals surface area (Å²) >= 11 is 0. The van der Waals surface area contributed by atoms with Crippen LogP contribution in [-0.4, -0.2) is 10.2 Å². The van der Waals surface area contributed by atoms with Crippen molar-refractivity contribution in [3.8, 4) is 22.3 Å². The highest BCUT2D eigenvalue weighted by atomic mass is 16.3. The molecule has 0 saturated heterocycles. The number of aliphatic hydroxyl groups excluding tert-OH is 2. The highest BCUT2D eigenvalue weighted by Gasteiger charge is 2.19. The third-order valence-corrected chi connectivity index (χ3v) is 6.22. The first kappa shape index (κ1) is 21.8. The average molecular weight is 443 g/mol. The minimum atomic E-state index is -0.812. The molecule has 2 unspecified atom stereocenters. The second kappa shape index (κ2) is 9.88. The van der Waals surface area contributed by atoms with Gasteiger partial charge in [-0.2, -0.15) is 0 Å². The second-order valence-electron chi connectivity index (χ2n) is 8.38. The molecule has 2 N–H and O–H groups in total. The third-order valence-electron chi connectivity index (χ3n) is 6.22. The maximum atomic E-state index is 11.4. The van der Waals surface area contributed by atoms with Crippen molar-refractivity contribution >= 4 is 0 Å². The molecule has 0 aliphatic heterocycles. The molecule has 0 aliphatic carbocycles. The van der Waals surface area contributed by atoms with Gasteiger partial charge < -0.3 is 10.2 Å². The first-order valence-corrected chi connectivity index (χ1v) is 11.5. The molecule has 5 aromatic carbocycles. The largest absolute Gasteiger partial charge is 0.384 e. The van der Waals surface area contributed by atoms with Gasteiger partial charge in [0, 0.05) is 0 Å². The van der Waals surface area contributed by atoms with Gasteiger partial charge >= 0.3 is 0 Å².